The highest BCUT2D eigenvalue weighted by Crippen LogP contribution is 2.25. The van der Waals surface area contributed by atoms with Crippen LogP contribution in [0.4, 0.5) is 0 Å². The van der Waals surface area contributed by atoms with Gasteiger partial charge >= 0.3 is 5.97 Å². The van der Waals surface area contributed by atoms with Crippen molar-refractivity contribution < 1.29 is 14.4 Å². The average Bonchev–Trinajstić information content (AvgIpc) is 2.86. The predicted octanol–water partition coefficient (Wildman–Crippen LogP) is 1.49. The van der Waals surface area contributed by atoms with Gasteiger partial charge in [-0.15, -0.1) is 0 Å². The van der Waals surface area contributed by atoms with Gasteiger partial charge in [-0.3, -0.25) is 9.69 Å². The number of hydrogen-bond acceptors (Lipinski definition) is 5. The molecule has 18 heavy (non-hydrogen) atoms. The molecule has 1 aromatic rings. The lowest BCUT2D eigenvalue weighted by molar-refractivity contribution is -0.143. The van der Waals surface area contributed by atoms with E-state index in [9.17, 15) is 9.90 Å². The number of rotatable bonds is 4. The van der Waals surface area contributed by atoms with E-state index in [0.717, 1.165) is 13.0 Å². The SMILES string of the molecule is CC(C)c1nc(CN2CCC(C)C2C(=O)O)no1. The minimum atomic E-state index is -0.771. The minimum Gasteiger partial charge on any atom is -0.480 e. The molecule has 1 fully saturated rings. The lowest BCUT2D eigenvalue weighted by atomic mass is 10.0. The van der Waals surface area contributed by atoms with Gasteiger partial charge in [0.15, 0.2) is 5.82 Å². The number of likely N-dealkylation sites (tertiary alicyclic amines) is 1. The molecular weight excluding hydrogens is 234 g/mol. The first-order valence-electron chi connectivity index (χ1n) is 6.28. The van der Waals surface area contributed by atoms with Crippen LogP contribution in [0.5, 0.6) is 0 Å². The summed E-state index contributed by atoms with van der Waals surface area (Å²) >= 11 is 0. The fourth-order valence-corrected chi connectivity index (χ4v) is 2.35. The van der Waals surface area contributed by atoms with Gasteiger partial charge in [0.25, 0.3) is 0 Å². The second-order valence-corrected chi connectivity index (χ2v) is 5.22. The molecule has 1 aliphatic heterocycles. The first-order chi connectivity index (χ1) is 8.49. The van der Waals surface area contributed by atoms with Crippen molar-refractivity contribution in [3.05, 3.63) is 11.7 Å². The quantitative estimate of drug-likeness (QED) is 0.875. The van der Waals surface area contributed by atoms with E-state index >= 15 is 0 Å². The van der Waals surface area contributed by atoms with Gasteiger partial charge in [-0.25, -0.2) is 0 Å². The number of carbonyl (C=O) groups is 1. The smallest absolute Gasteiger partial charge is 0.321 e. The molecule has 6 heteroatoms. The van der Waals surface area contributed by atoms with Gasteiger partial charge in [0.1, 0.15) is 6.04 Å². The number of aromatic nitrogens is 2. The Kier molecular flexibility index (Phi) is 3.65. The van der Waals surface area contributed by atoms with Crippen molar-refractivity contribution in [2.75, 3.05) is 6.54 Å². The zero-order valence-corrected chi connectivity index (χ0v) is 11.0. The highest BCUT2D eigenvalue weighted by molar-refractivity contribution is 5.74. The summed E-state index contributed by atoms with van der Waals surface area (Å²) in [6, 6.07) is -0.439. The standard InChI is InChI=1S/C12H19N3O3/c1-7(2)11-13-9(14-18-11)6-15-5-4-8(3)10(15)12(16)17/h7-8,10H,4-6H2,1-3H3,(H,16,17). The Hall–Kier alpha value is -1.43. The van der Waals surface area contributed by atoms with Crippen molar-refractivity contribution in [2.24, 2.45) is 5.92 Å². The Balaban J connectivity index is 2.06. The molecule has 0 saturated carbocycles. The number of nitrogens with zero attached hydrogens (tertiary/aromatic N) is 3. The largest absolute Gasteiger partial charge is 0.480 e. The van der Waals surface area contributed by atoms with Crippen LogP contribution in [0.1, 0.15) is 44.8 Å². The van der Waals surface area contributed by atoms with Crippen LogP contribution in [0, 0.1) is 5.92 Å². The van der Waals surface area contributed by atoms with Crippen LogP contribution in [0.25, 0.3) is 0 Å². The number of aliphatic carboxylic acids is 1. The highest BCUT2D eigenvalue weighted by atomic mass is 16.5. The Labute approximate surface area is 106 Å². The molecule has 2 unspecified atom stereocenters. The second kappa shape index (κ2) is 5.06. The van der Waals surface area contributed by atoms with Crippen molar-refractivity contribution >= 4 is 5.97 Å². The van der Waals surface area contributed by atoms with E-state index in [-0.39, 0.29) is 11.8 Å². The van der Waals surface area contributed by atoms with E-state index in [4.69, 9.17) is 4.52 Å². The zero-order valence-electron chi connectivity index (χ0n) is 11.0. The highest BCUT2D eigenvalue weighted by Gasteiger charge is 2.37. The summed E-state index contributed by atoms with van der Waals surface area (Å²) in [6.45, 7) is 7.14. The summed E-state index contributed by atoms with van der Waals surface area (Å²) in [4.78, 5) is 17.4. The van der Waals surface area contributed by atoms with Gasteiger partial charge < -0.3 is 9.63 Å². The van der Waals surface area contributed by atoms with Gasteiger partial charge in [-0.05, 0) is 18.9 Å². The van der Waals surface area contributed by atoms with Gasteiger partial charge in [0.05, 0.1) is 6.54 Å². The molecule has 1 aromatic heterocycles. The van der Waals surface area contributed by atoms with Crippen LogP contribution < -0.4 is 0 Å². The predicted molar refractivity (Wildman–Crippen MR) is 64.0 cm³/mol. The Morgan fingerprint density at radius 3 is 2.89 bits per heavy atom. The Bertz CT molecular complexity index is 430. The summed E-state index contributed by atoms with van der Waals surface area (Å²) in [7, 11) is 0. The molecule has 0 aromatic carbocycles. The van der Waals surface area contributed by atoms with Crippen LogP contribution >= 0.6 is 0 Å². The van der Waals surface area contributed by atoms with Crippen molar-refractivity contribution in [3.63, 3.8) is 0 Å². The Morgan fingerprint density at radius 2 is 2.33 bits per heavy atom. The third kappa shape index (κ3) is 2.53. The van der Waals surface area contributed by atoms with Gasteiger partial charge in [0, 0.05) is 5.92 Å². The van der Waals surface area contributed by atoms with Gasteiger partial charge in [-0.2, -0.15) is 4.98 Å². The van der Waals surface area contributed by atoms with Crippen molar-refractivity contribution in [1.82, 2.24) is 15.0 Å². The molecule has 2 heterocycles. The summed E-state index contributed by atoms with van der Waals surface area (Å²) in [5, 5.41) is 13.1. The normalized spacial score (nSPS) is 24.9. The van der Waals surface area contributed by atoms with E-state index < -0.39 is 12.0 Å². The molecular formula is C12H19N3O3. The third-order valence-electron chi connectivity index (χ3n) is 3.38. The summed E-state index contributed by atoms with van der Waals surface area (Å²) in [6.07, 6.45) is 0.895. The molecule has 0 aliphatic carbocycles. The first kappa shape index (κ1) is 13.0. The van der Waals surface area contributed by atoms with Crippen LogP contribution in [-0.4, -0.2) is 38.7 Å². The van der Waals surface area contributed by atoms with Crippen LogP contribution in [0.3, 0.4) is 0 Å². The number of hydrogen-bond donors (Lipinski definition) is 1. The van der Waals surface area contributed by atoms with Crippen LogP contribution in [0.15, 0.2) is 4.52 Å². The minimum absolute atomic E-state index is 0.166. The Morgan fingerprint density at radius 1 is 1.61 bits per heavy atom. The molecule has 0 radical (unpaired) electrons. The molecule has 1 aliphatic rings. The zero-order chi connectivity index (χ0) is 13.3. The molecule has 0 bridgehead atoms. The second-order valence-electron chi connectivity index (χ2n) is 5.22. The third-order valence-corrected chi connectivity index (χ3v) is 3.38. The fraction of sp³-hybridized carbons (Fsp3) is 0.750. The van der Waals surface area contributed by atoms with Gasteiger partial charge in [0.2, 0.25) is 5.89 Å². The lowest BCUT2D eigenvalue weighted by Gasteiger charge is -2.21. The summed E-state index contributed by atoms with van der Waals surface area (Å²) in [5.74, 6) is 0.758. The maximum Gasteiger partial charge on any atom is 0.321 e. The lowest BCUT2D eigenvalue weighted by Crippen LogP contribution is -2.38. The van der Waals surface area contributed by atoms with Crippen molar-refractivity contribution in [2.45, 2.75) is 45.7 Å². The maximum absolute atomic E-state index is 11.2. The summed E-state index contributed by atoms with van der Waals surface area (Å²) in [5.41, 5.74) is 0. The number of carboxylic acids is 1. The average molecular weight is 253 g/mol. The van der Waals surface area contributed by atoms with Crippen molar-refractivity contribution in [3.8, 4) is 0 Å². The van der Waals surface area contributed by atoms with E-state index in [1.165, 1.54) is 0 Å². The monoisotopic (exact) mass is 253 g/mol. The van der Waals surface area contributed by atoms with Crippen LogP contribution in [0.2, 0.25) is 0 Å². The molecule has 2 rings (SSSR count). The molecule has 1 saturated heterocycles. The molecule has 100 valence electrons. The first-order valence-corrected chi connectivity index (χ1v) is 6.28. The van der Waals surface area contributed by atoms with E-state index in [2.05, 4.69) is 10.1 Å². The topological polar surface area (TPSA) is 79.5 Å². The number of carboxylic acid groups (broad SMARTS) is 1. The molecule has 1 N–H and O–H groups in total. The van der Waals surface area contributed by atoms with E-state index in [1.807, 2.05) is 25.7 Å². The molecule has 0 amide bonds. The maximum atomic E-state index is 11.2. The molecule has 0 spiro atoms. The summed E-state index contributed by atoms with van der Waals surface area (Å²) < 4.78 is 5.12. The molecule has 6 nitrogen and oxygen atoms in total. The van der Waals surface area contributed by atoms with Gasteiger partial charge in [-0.1, -0.05) is 25.9 Å². The molecule has 2 atom stereocenters. The van der Waals surface area contributed by atoms with Crippen LogP contribution in [-0.2, 0) is 11.3 Å². The van der Waals surface area contributed by atoms with E-state index in [0.29, 0.717) is 18.3 Å². The van der Waals surface area contributed by atoms with E-state index in [1.54, 1.807) is 0 Å². The fourth-order valence-electron chi connectivity index (χ4n) is 2.35. The van der Waals surface area contributed by atoms with Crippen molar-refractivity contribution in [1.29, 1.82) is 0 Å².